The highest BCUT2D eigenvalue weighted by Crippen LogP contribution is 2.19. The third-order valence-corrected chi connectivity index (χ3v) is 7.26. The van der Waals surface area contributed by atoms with Crippen molar-refractivity contribution in [3.63, 3.8) is 0 Å². The van der Waals surface area contributed by atoms with Crippen molar-refractivity contribution in [1.29, 1.82) is 0 Å². The van der Waals surface area contributed by atoms with E-state index in [1.165, 1.54) is 83.5 Å². The van der Waals surface area contributed by atoms with Crippen LogP contribution >= 0.6 is 0 Å². The van der Waals surface area contributed by atoms with Gasteiger partial charge in [0.15, 0.2) is 0 Å². The summed E-state index contributed by atoms with van der Waals surface area (Å²) in [6.45, 7) is 3.97. The molecule has 0 saturated carbocycles. The highest BCUT2D eigenvalue weighted by molar-refractivity contribution is 7.86. The molecular formula is C24H50O4S. The number of aliphatic hydroxyl groups excluding tert-OH is 1. The lowest BCUT2D eigenvalue weighted by Crippen LogP contribution is -2.21. The van der Waals surface area contributed by atoms with E-state index in [1.807, 2.05) is 0 Å². The minimum atomic E-state index is -3.97. The highest BCUT2D eigenvalue weighted by atomic mass is 32.2. The molecule has 0 amide bonds. The van der Waals surface area contributed by atoms with E-state index in [9.17, 15) is 18.1 Å². The Bertz CT molecular complexity index is 434. The molecule has 0 rings (SSSR count). The van der Waals surface area contributed by atoms with Crippen molar-refractivity contribution in [1.82, 2.24) is 0 Å². The van der Waals surface area contributed by atoms with Crippen LogP contribution in [0.15, 0.2) is 0 Å². The molecule has 0 aliphatic rings. The maximum atomic E-state index is 11.5. The van der Waals surface area contributed by atoms with Gasteiger partial charge in [0.05, 0.1) is 11.4 Å². The molecule has 0 aliphatic carbocycles. The molecule has 0 spiro atoms. The number of rotatable bonds is 22. The van der Waals surface area contributed by atoms with Gasteiger partial charge in [-0.25, -0.2) is 0 Å². The Morgan fingerprint density at radius 2 is 0.931 bits per heavy atom. The molecule has 0 aromatic rings. The van der Waals surface area contributed by atoms with Gasteiger partial charge in [0.2, 0.25) is 0 Å². The topological polar surface area (TPSA) is 74.6 Å². The molecule has 0 heterocycles. The van der Waals surface area contributed by atoms with E-state index in [4.69, 9.17) is 0 Å². The summed E-state index contributed by atoms with van der Waals surface area (Å²) in [5, 5.41) is 8.62. The maximum Gasteiger partial charge on any atom is 0.267 e. The van der Waals surface area contributed by atoms with Gasteiger partial charge in [0.25, 0.3) is 10.1 Å². The van der Waals surface area contributed by atoms with Crippen molar-refractivity contribution >= 4 is 10.1 Å². The van der Waals surface area contributed by atoms with Crippen LogP contribution in [0.1, 0.15) is 142 Å². The fourth-order valence-corrected chi connectivity index (χ4v) is 4.93. The minimum absolute atomic E-state index is 0.410. The first-order valence-corrected chi connectivity index (χ1v) is 14.0. The molecule has 2 atom stereocenters. The summed E-state index contributed by atoms with van der Waals surface area (Å²) in [6.07, 6.45) is 22.6. The van der Waals surface area contributed by atoms with Crippen molar-refractivity contribution in [2.24, 2.45) is 0 Å². The van der Waals surface area contributed by atoms with Gasteiger partial charge >= 0.3 is 0 Å². The van der Waals surface area contributed by atoms with Crippen LogP contribution in [0.25, 0.3) is 0 Å². The Morgan fingerprint density at radius 1 is 0.586 bits per heavy atom. The Morgan fingerprint density at radius 3 is 1.28 bits per heavy atom. The maximum absolute atomic E-state index is 11.5. The fourth-order valence-electron chi connectivity index (χ4n) is 4.00. The molecule has 5 heteroatoms. The van der Waals surface area contributed by atoms with Crippen LogP contribution in [0.4, 0.5) is 0 Å². The molecule has 4 nitrogen and oxygen atoms in total. The third-order valence-electron chi connectivity index (χ3n) is 5.95. The molecule has 0 aromatic heterocycles. The van der Waals surface area contributed by atoms with E-state index in [0.29, 0.717) is 25.7 Å². The Hall–Kier alpha value is -0.130. The molecule has 2 unspecified atom stereocenters. The van der Waals surface area contributed by atoms with Gasteiger partial charge < -0.3 is 5.11 Å². The van der Waals surface area contributed by atoms with Gasteiger partial charge in [-0.05, 0) is 32.6 Å². The third kappa shape index (κ3) is 20.9. The number of unbranched alkanes of at least 4 members (excludes halogenated alkanes) is 15. The van der Waals surface area contributed by atoms with Gasteiger partial charge in [-0.15, -0.1) is 0 Å². The Kier molecular flexibility index (Phi) is 19.7. The normalized spacial score (nSPS) is 14.2. The van der Waals surface area contributed by atoms with Crippen molar-refractivity contribution in [3.8, 4) is 0 Å². The average Bonchev–Trinajstić information content (AvgIpc) is 2.65. The van der Waals surface area contributed by atoms with Gasteiger partial charge in [0.1, 0.15) is 0 Å². The summed E-state index contributed by atoms with van der Waals surface area (Å²) in [4.78, 5) is 0. The molecule has 0 radical (unpaired) electrons. The smallest absolute Gasteiger partial charge is 0.267 e. The second-order valence-corrected chi connectivity index (χ2v) is 10.7. The molecule has 0 aromatic carbocycles. The summed E-state index contributed by atoms with van der Waals surface area (Å²) in [5.41, 5.74) is 0. The Labute approximate surface area is 182 Å². The van der Waals surface area contributed by atoms with Crippen LogP contribution in [0, 0.1) is 0 Å². The van der Waals surface area contributed by atoms with E-state index in [1.54, 1.807) is 6.92 Å². The predicted octanol–water partition coefficient (Wildman–Crippen LogP) is 7.45. The Balaban J connectivity index is 3.46. The number of hydrogen-bond acceptors (Lipinski definition) is 3. The van der Waals surface area contributed by atoms with Gasteiger partial charge in [0, 0.05) is 0 Å². The largest absolute Gasteiger partial charge is 0.393 e. The summed E-state index contributed by atoms with van der Waals surface area (Å²) >= 11 is 0. The molecule has 29 heavy (non-hydrogen) atoms. The van der Waals surface area contributed by atoms with E-state index in [0.717, 1.165) is 19.3 Å². The quantitative estimate of drug-likeness (QED) is 0.137. The molecule has 0 bridgehead atoms. The lowest BCUT2D eigenvalue weighted by atomic mass is 10.0. The van der Waals surface area contributed by atoms with Crippen LogP contribution < -0.4 is 0 Å². The van der Waals surface area contributed by atoms with Gasteiger partial charge in [-0.3, -0.25) is 4.55 Å². The van der Waals surface area contributed by atoms with Crippen molar-refractivity contribution < 1.29 is 18.1 Å². The molecular weight excluding hydrogens is 384 g/mol. The summed E-state index contributed by atoms with van der Waals surface area (Å²) in [6, 6.07) is 0. The predicted molar refractivity (Wildman–Crippen MR) is 125 cm³/mol. The first kappa shape index (κ1) is 28.9. The number of hydrogen-bond donors (Lipinski definition) is 2. The van der Waals surface area contributed by atoms with Crippen LogP contribution in [0.3, 0.4) is 0 Å². The fraction of sp³-hybridized carbons (Fsp3) is 1.00. The molecule has 0 saturated heterocycles. The summed E-state index contributed by atoms with van der Waals surface area (Å²) < 4.78 is 32.4. The zero-order valence-corrected chi connectivity index (χ0v) is 20.2. The highest BCUT2D eigenvalue weighted by Gasteiger charge is 2.22. The zero-order chi connectivity index (χ0) is 21.8. The van der Waals surface area contributed by atoms with Crippen LogP contribution in [-0.2, 0) is 10.1 Å². The van der Waals surface area contributed by atoms with Gasteiger partial charge in [-0.1, -0.05) is 110 Å². The SMILES string of the molecule is CCCCCCCCCCCCCCCCCCC(CCCC(C)O)S(=O)(=O)O. The molecule has 0 aliphatic heterocycles. The van der Waals surface area contributed by atoms with E-state index < -0.39 is 21.5 Å². The standard InChI is InChI=1S/C24H50O4S/c1-3-4-5-6-7-8-9-10-11-12-13-14-15-16-17-18-21-24(29(26,27)28)22-19-20-23(2)25/h23-25H,3-22H2,1-2H3,(H,26,27,28). The lowest BCUT2D eigenvalue weighted by Gasteiger charge is -2.14. The molecule has 2 N–H and O–H groups in total. The van der Waals surface area contributed by atoms with E-state index in [-0.39, 0.29) is 0 Å². The summed E-state index contributed by atoms with van der Waals surface area (Å²) in [7, 11) is -3.97. The molecule has 0 fully saturated rings. The van der Waals surface area contributed by atoms with E-state index in [2.05, 4.69) is 6.92 Å². The van der Waals surface area contributed by atoms with Crippen LogP contribution in [0.5, 0.6) is 0 Å². The second kappa shape index (κ2) is 19.8. The monoisotopic (exact) mass is 434 g/mol. The average molecular weight is 435 g/mol. The summed E-state index contributed by atoms with van der Waals surface area (Å²) in [5.74, 6) is 0. The van der Waals surface area contributed by atoms with E-state index >= 15 is 0 Å². The van der Waals surface area contributed by atoms with Crippen molar-refractivity contribution in [2.45, 2.75) is 154 Å². The van der Waals surface area contributed by atoms with Crippen LogP contribution in [-0.4, -0.2) is 29.4 Å². The van der Waals surface area contributed by atoms with Gasteiger partial charge in [-0.2, -0.15) is 8.42 Å². The van der Waals surface area contributed by atoms with Crippen molar-refractivity contribution in [2.75, 3.05) is 0 Å². The first-order valence-electron chi connectivity index (χ1n) is 12.5. The first-order chi connectivity index (χ1) is 13.9. The molecule has 176 valence electrons. The number of aliphatic hydroxyl groups is 1. The lowest BCUT2D eigenvalue weighted by molar-refractivity contribution is 0.180. The second-order valence-electron chi connectivity index (χ2n) is 9.01. The zero-order valence-electron chi connectivity index (χ0n) is 19.4. The minimum Gasteiger partial charge on any atom is -0.393 e. The van der Waals surface area contributed by atoms with Crippen molar-refractivity contribution in [3.05, 3.63) is 0 Å². The van der Waals surface area contributed by atoms with Crippen LogP contribution in [0.2, 0.25) is 0 Å².